The van der Waals surface area contributed by atoms with Gasteiger partial charge in [0, 0.05) is 18.0 Å². The van der Waals surface area contributed by atoms with Crippen molar-refractivity contribution >= 4 is 13.2 Å². The van der Waals surface area contributed by atoms with Gasteiger partial charge >= 0.3 is 0 Å². The molecule has 0 atom stereocenters. The van der Waals surface area contributed by atoms with E-state index in [1.165, 1.54) is 5.47 Å². The van der Waals surface area contributed by atoms with Crippen molar-refractivity contribution in [1.82, 2.24) is 4.90 Å². The van der Waals surface area contributed by atoms with Crippen LogP contribution in [0.25, 0.3) is 0 Å². The minimum atomic E-state index is 0.0558. The van der Waals surface area contributed by atoms with Crippen LogP contribution < -0.4 is 0 Å². The normalized spacial score (nSPS) is 20.4. The second-order valence-corrected chi connectivity index (χ2v) is 2.83. The molecule has 0 spiro atoms. The monoisotopic (exact) mass is 158 g/mol. The molecule has 2 aliphatic heterocycles. The van der Waals surface area contributed by atoms with Crippen molar-refractivity contribution in [2.75, 3.05) is 0 Å². The van der Waals surface area contributed by atoms with E-state index >= 15 is 0 Å². The summed E-state index contributed by atoms with van der Waals surface area (Å²) in [6, 6.07) is 0. The number of hydrogen-bond donors (Lipinski definition) is 0. The van der Waals surface area contributed by atoms with Crippen molar-refractivity contribution in [3.8, 4) is 0 Å². The highest BCUT2D eigenvalue weighted by Gasteiger charge is 2.22. The molecule has 12 heavy (non-hydrogen) atoms. The number of amides is 1. The van der Waals surface area contributed by atoms with Crippen molar-refractivity contribution in [2.45, 2.75) is 13.2 Å². The molecule has 2 rings (SSSR count). The van der Waals surface area contributed by atoms with E-state index in [9.17, 15) is 4.79 Å². The average molecular weight is 158 g/mol. The fourth-order valence-corrected chi connectivity index (χ4v) is 1.50. The van der Waals surface area contributed by atoms with Crippen molar-refractivity contribution in [1.29, 1.82) is 0 Å². The quantitative estimate of drug-likeness (QED) is 0.526. The molecule has 0 aromatic rings. The van der Waals surface area contributed by atoms with Crippen LogP contribution in [-0.2, 0) is 4.79 Å². The Kier molecular flexibility index (Phi) is 1.64. The summed E-state index contributed by atoms with van der Waals surface area (Å²) in [5.74, 6) is 0.0558. The maximum absolute atomic E-state index is 11.2. The number of fused-ring (bicyclic) bond motifs is 1. The van der Waals surface area contributed by atoms with E-state index in [0.717, 1.165) is 12.1 Å². The summed E-state index contributed by atoms with van der Waals surface area (Å²) in [7, 11) is 2.05. The average Bonchev–Trinajstić information content (AvgIpc) is 2.48. The number of hydrogen-bond acceptors (Lipinski definition) is 1. The molecule has 3 heteroatoms. The molecule has 0 unspecified atom stereocenters. The predicted octanol–water partition coefficient (Wildman–Crippen LogP) is 1.27. The first kappa shape index (κ1) is 7.41. The van der Waals surface area contributed by atoms with Gasteiger partial charge in [0.05, 0.1) is 0 Å². The molecule has 2 aliphatic rings. The highest BCUT2D eigenvalue weighted by molar-refractivity contribution is 6.44. The lowest BCUT2D eigenvalue weighted by Gasteiger charge is -2.20. The minimum absolute atomic E-state index is 0.0558. The Hall–Kier alpha value is -1.25. The number of nitrogens with zero attached hydrogens (tertiary/aromatic N) is 1. The van der Waals surface area contributed by atoms with Gasteiger partial charge in [-0.2, -0.15) is 0 Å². The van der Waals surface area contributed by atoms with E-state index in [2.05, 4.69) is 7.28 Å². The first-order valence-electron chi connectivity index (χ1n) is 4.03. The van der Waals surface area contributed by atoms with Gasteiger partial charge in [0.1, 0.15) is 7.28 Å². The fraction of sp³-hybridized carbons (Fsp3) is 0.222. The number of carbonyl (C=O) groups excluding carboxylic acids is 1. The number of allylic oxidation sites excluding steroid dienone is 3. The van der Waals surface area contributed by atoms with E-state index in [-0.39, 0.29) is 5.91 Å². The summed E-state index contributed by atoms with van der Waals surface area (Å²) in [6.07, 6.45) is 8.25. The molecule has 0 fully saturated rings. The zero-order chi connectivity index (χ0) is 8.55. The number of carbonyl (C=O) groups is 1. The molecular weight excluding hydrogens is 149 g/mol. The minimum Gasteiger partial charge on any atom is -0.286 e. The smallest absolute Gasteiger partial charge is 0.255 e. The van der Waals surface area contributed by atoms with E-state index in [0.29, 0.717) is 0 Å². The molecule has 0 aromatic carbocycles. The second kappa shape index (κ2) is 2.66. The zero-order valence-electron chi connectivity index (χ0n) is 6.95. The Labute approximate surface area is 72.5 Å². The molecule has 0 aromatic heterocycles. The summed E-state index contributed by atoms with van der Waals surface area (Å²) < 4.78 is 0. The van der Waals surface area contributed by atoms with Crippen LogP contribution in [0.2, 0.25) is 6.82 Å². The SMILES string of the molecule is C[B]C1=C2C=CC(=O)N2C=CC1. The van der Waals surface area contributed by atoms with Crippen molar-refractivity contribution in [2.24, 2.45) is 0 Å². The molecule has 2 heterocycles. The first-order valence-corrected chi connectivity index (χ1v) is 4.03. The summed E-state index contributed by atoms with van der Waals surface area (Å²) in [6.45, 7) is 2.00. The summed E-state index contributed by atoms with van der Waals surface area (Å²) in [5, 5.41) is 0. The summed E-state index contributed by atoms with van der Waals surface area (Å²) in [4.78, 5) is 12.9. The number of rotatable bonds is 1. The van der Waals surface area contributed by atoms with Crippen molar-refractivity contribution in [3.05, 3.63) is 35.6 Å². The van der Waals surface area contributed by atoms with Gasteiger partial charge in [0.25, 0.3) is 5.91 Å². The molecular formula is C9H9BNO. The van der Waals surface area contributed by atoms with Crippen LogP contribution in [0.3, 0.4) is 0 Å². The molecule has 1 radical (unpaired) electrons. The Bertz CT molecular complexity index is 314. The van der Waals surface area contributed by atoms with Crippen LogP contribution in [0.4, 0.5) is 0 Å². The van der Waals surface area contributed by atoms with Crippen LogP contribution in [0.1, 0.15) is 6.42 Å². The van der Waals surface area contributed by atoms with Crippen LogP contribution >= 0.6 is 0 Å². The summed E-state index contributed by atoms with van der Waals surface area (Å²) >= 11 is 0. The molecule has 1 amide bonds. The first-order chi connectivity index (χ1) is 5.83. The van der Waals surface area contributed by atoms with Gasteiger partial charge in [-0.1, -0.05) is 18.4 Å². The lowest BCUT2D eigenvalue weighted by atomic mass is 9.69. The van der Waals surface area contributed by atoms with E-state index in [1.54, 1.807) is 11.0 Å². The molecule has 0 N–H and O–H groups in total. The van der Waals surface area contributed by atoms with Crippen LogP contribution in [-0.4, -0.2) is 18.1 Å². The lowest BCUT2D eigenvalue weighted by Crippen LogP contribution is -2.21. The maximum Gasteiger partial charge on any atom is 0.255 e. The standard InChI is InChI=1S/C9H9BNO/c1-10-7-3-2-6-11-8(7)4-5-9(11)12/h2,4-6H,3H2,1H3. The predicted molar refractivity (Wildman–Crippen MR) is 48.4 cm³/mol. The Morgan fingerprint density at radius 2 is 2.33 bits per heavy atom. The lowest BCUT2D eigenvalue weighted by molar-refractivity contribution is -0.121. The maximum atomic E-state index is 11.2. The third kappa shape index (κ3) is 0.933. The van der Waals surface area contributed by atoms with E-state index in [1.807, 2.05) is 25.2 Å². The third-order valence-electron chi connectivity index (χ3n) is 2.15. The molecule has 0 saturated heterocycles. The van der Waals surface area contributed by atoms with Gasteiger partial charge < -0.3 is 0 Å². The van der Waals surface area contributed by atoms with Crippen LogP contribution in [0.15, 0.2) is 35.6 Å². The van der Waals surface area contributed by atoms with Crippen molar-refractivity contribution < 1.29 is 4.79 Å². The van der Waals surface area contributed by atoms with Gasteiger partial charge in [-0.15, -0.1) is 0 Å². The van der Waals surface area contributed by atoms with Crippen LogP contribution in [0.5, 0.6) is 0 Å². The second-order valence-electron chi connectivity index (χ2n) is 2.83. The van der Waals surface area contributed by atoms with Crippen molar-refractivity contribution in [3.63, 3.8) is 0 Å². The van der Waals surface area contributed by atoms with Gasteiger partial charge in [-0.05, 0) is 12.5 Å². The zero-order valence-corrected chi connectivity index (χ0v) is 6.95. The van der Waals surface area contributed by atoms with E-state index in [4.69, 9.17) is 0 Å². The van der Waals surface area contributed by atoms with Gasteiger partial charge in [0.2, 0.25) is 0 Å². The third-order valence-corrected chi connectivity index (χ3v) is 2.15. The Morgan fingerprint density at radius 3 is 3.08 bits per heavy atom. The molecule has 0 aliphatic carbocycles. The molecule has 0 saturated carbocycles. The Morgan fingerprint density at radius 1 is 1.50 bits per heavy atom. The highest BCUT2D eigenvalue weighted by atomic mass is 16.2. The summed E-state index contributed by atoms with van der Waals surface area (Å²) in [5.41, 5.74) is 2.25. The highest BCUT2D eigenvalue weighted by Crippen LogP contribution is 2.25. The Balaban J connectivity index is 2.41. The van der Waals surface area contributed by atoms with Gasteiger partial charge in [0.15, 0.2) is 0 Å². The van der Waals surface area contributed by atoms with E-state index < -0.39 is 0 Å². The van der Waals surface area contributed by atoms with Gasteiger partial charge in [-0.25, -0.2) is 0 Å². The topological polar surface area (TPSA) is 20.3 Å². The largest absolute Gasteiger partial charge is 0.286 e. The fourth-order valence-electron chi connectivity index (χ4n) is 1.50. The molecule has 2 nitrogen and oxygen atoms in total. The van der Waals surface area contributed by atoms with Crippen LogP contribution in [0, 0.1) is 0 Å². The molecule has 59 valence electrons. The van der Waals surface area contributed by atoms with Gasteiger partial charge in [-0.3, -0.25) is 9.69 Å². The molecule has 0 bridgehead atoms.